The standard InChI is InChI=1S/C14H13NO3/c15-8-11-6-7-12-13(17-11)9-16-14(18-12)10-4-2-1-3-5-10/h1-7,11-14H,9H2/t11-,12-,13+,14+/m0/s1. The van der Waals surface area contributed by atoms with Crippen LogP contribution in [0.3, 0.4) is 0 Å². The second-order valence-corrected chi connectivity index (χ2v) is 4.29. The van der Waals surface area contributed by atoms with Crippen molar-refractivity contribution in [2.45, 2.75) is 24.6 Å². The van der Waals surface area contributed by atoms with Gasteiger partial charge in [0.05, 0.1) is 12.7 Å². The lowest BCUT2D eigenvalue weighted by Gasteiger charge is -2.37. The molecule has 3 rings (SSSR count). The van der Waals surface area contributed by atoms with Crippen molar-refractivity contribution in [3.63, 3.8) is 0 Å². The molecule has 0 spiro atoms. The third-order valence-electron chi connectivity index (χ3n) is 3.05. The van der Waals surface area contributed by atoms with E-state index in [1.807, 2.05) is 36.4 Å². The monoisotopic (exact) mass is 243 g/mol. The zero-order valence-corrected chi connectivity index (χ0v) is 9.73. The van der Waals surface area contributed by atoms with Crippen LogP contribution in [0.5, 0.6) is 0 Å². The Morgan fingerprint density at radius 3 is 2.72 bits per heavy atom. The number of fused-ring (bicyclic) bond motifs is 1. The molecule has 0 unspecified atom stereocenters. The van der Waals surface area contributed by atoms with Gasteiger partial charge in [0.1, 0.15) is 12.2 Å². The van der Waals surface area contributed by atoms with Crippen LogP contribution in [0.15, 0.2) is 42.5 Å². The average molecular weight is 243 g/mol. The molecule has 0 N–H and O–H groups in total. The molecular formula is C14H13NO3. The molecule has 2 aliphatic rings. The lowest BCUT2D eigenvalue weighted by molar-refractivity contribution is -0.258. The van der Waals surface area contributed by atoms with E-state index in [1.54, 1.807) is 6.08 Å². The summed E-state index contributed by atoms with van der Waals surface area (Å²) >= 11 is 0. The van der Waals surface area contributed by atoms with Gasteiger partial charge in [0.25, 0.3) is 0 Å². The van der Waals surface area contributed by atoms with Crippen LogP contribution in [-0.2, 0) is 14.2 Å². The van der Waals surface area contributed by atoms with Gasteiger partial charge in [-0.05, 0) is 6.08 Å². The molecule has 18 heavy (non-hydrogen) atoms. The van der Waals surface area contributed by atoms with Crippen molar-refractivity contribution in [1.29, 1.82) is 5.26 Å². The van der Waals surface area contributed by atoms with E-state index in [0.717, 1.165) is 5.56 Å². The molecule has 1 fully saturated rings. The molecule has 0 aliphatic carbocycles. The zero-order chi connectivity index (χ0) is 12.4. The maximum atomic E-state index is 8.80. The number of benzene rings is 1. The Morgan fingerprint density at radius 2 is 1.94 bits per heavy atom. The number of nitriles is 1. The van der Waals surface area contributed by atoms with Gasteiger partial charge < -0.3 is 14.2 Å². The SMILES string of the molecule is N#C[C@@H]1C=C[C@@H]2O[C@H](c3ccccc3)OC[C@H]2O1. The number of hydrogen-bond acceptors (Lipinski definition) is 4. The summed E-state index contributed by atoms with van der Waals surface area (Å²) < 4.78 is 17.0. The second-order valence-electron chi connectivity index (χ2n) is 4.29. The summed E-state index contributed by atoms with van der Waals surface area (Å²) in [5, 5.41) is 8.80. The lowest BCUT2D eigenvalue weighted by atomic mass is 10.1. The molecular weight excluding hydrogens is 230 g/mol. The van der Waals surface area contributed by atoms with Crippen LogP contribution in [0.1, 0.15) is 11.9 Å². The first-order valence-electron chi connectivity index (χ1n) is 5.92. The molecule has 2 heterocycles. The van der Waals surface area contributed by atoms with Crippen molar-refractivity contribution >= 4 is 0 Å². The van der Waals surface area contributed by atoms with E-state index in [4.69, 9.17) is 19.5 Å². The average Bonchev–Trinajstić information content (AvgIpc) is 2.47. The first kappa shape index (κ1) is 11.4. The summed E-state index contributed by atoms with van der Waals surface area (Å²) in [6, 6.07) is 11.9. The normalized spacial score (nSPS) is 34.6. The van der Waals surface area contributed by atoms with Crippen LogP contribution in [0.25, 0.3) is 0 Å². The van der Waals surface area contributed by atoms with Gasteiger partial charge >= 0.3 is 0 Å². The van der Waals surface area contributed by atoms with Gasteiger partial charge in [-0.15, -0.1) is 0 Å². The molecule has 92 valence electrons. The Balaban J connectivity index is 1.73. The number of ether oxygens (including phenoxy) is 3. The smallest absolute Gasteiger partial charge is 0.184 e. The fourth-order valence-electron chi connectivity index (χ4n) is 2.14. The van der Waals surface area contributed by atoms with E-state index in [2.05, 4.69) is 6.07 Å². The molecule has 0 saturated carbocycles. The summed E-state index contributed by atoms with van der Waals surface area (Å²) in [5.41, 5.74) is 0.992. The number of hydrogen-bond donors (Lipinski definition) is 0. The fraction of sp³-hybridized carbons (Fsp3) is 0.357. The molecule has 1 aromatic rings. The minimum absolute atomic E-state index is 0.145. The Bertz CT molecular complexity index is 480. The third-order valence-corrected chi connectivity index (χ3v) is 3.05. The van der Waals surface area contributed by atoms with Gasteiger partial charge in [-0.25, -0.2) is 0 Å². The van der Waals surface area contributed by atoms with Crippen LogP contribution >= 0.6 is 0 Å². The van der Waals surface area contributed by atoms with E-state index in [-0.39, 0.29) is 18.5 Å². The van der Waals surface area contributed by atoms with Crippen molar-refractivity contribution in [2.75, 3.05) is 6.61 Å². The van der Waals surface area contributed by atoms with Crippen molar-refractivity contribution in [3.05, 3.63) is 48.0 Å². The number of nitrogens with zero attached hydrogens (tertiary/aromatic N) is 1. The molecule has 0 amide bonds. The predicted molar refractivity (Wildman–Crippen MR) is 63.4 cm³/mol. The maximum Gasteiger partial charge on any atom is 0.184 e. The third kappa shape index (κ3) is 2.16. The zero-order valence-electron chi connectivity index (χ0n) is 9.73. The molecule has 1 aromatic carbocycles. The lowest BCUT2D eigenvalue weighted by Crippen LogP contribution is -2.44. The first-order valence-corrected chi connectivity index (χ1v) is 5.92. The van der Waals surface area contributed by atoms with Crippen molar-refractivity contribution in [1.82, 2.24) is 0 Å². The van der Waals surface area contributed by atoms with E-state index in [1.165, 1.54) is 0 Å². The first-order chi connectivity index (χ1) is 8.86. The van der Waals surface area contributed by atoms with Gasteiger partial charge in [-0.1, -0.05) is 36.4 Å². The van der Waals surface area contributed by atoms with Gasteiger partial charge in [0.15, 0.2) is 12.4 Å². The molecule has 4 heteroatoms. The fourth-order valence-corrected chi connectivity index (χ4v) is 2.14. The summed E-state index contributed by atoms with van der Waals surface area (Å²) in [6.45, 7) is 0.437. The summed E-state index contributed by atoms with van der Waals surface area (Å²) in [4.78, 5) is 0. The summed E-state index contributed by atoms with van der Waals surface area (Å²) in [6.07, 6.45) is 2.42. The highest BCUT2D eigenvalue weighted by atomic mass is 16.7. The molecule has 0 aromatic heterocycles. The minimum Gasteiger partial charge on any atom is -0.351 e. The Hall–Kier alpha value is -1.67. The second kappa shape index (κ2) is 4.91. The van der Waals surface area contributed by atoms with Crippen LogP contribution in [-0.4, -0.2) is 24.9 Å². The highest BCUT2D eigenvalue weighted by Gasteiger charge is 2.35. The topological polar surface area (TPSA) is 51.5 Å². The van der Waals surface area contributed by atoms with E-state index >= 15 is 0 Å². The van der Waals surface area contributed by atoms with Crippen molar-refractivity contribution in [2.24, 2.45) is 0 Å². The van der Waals surface area contributed by atoms with Crippen LogP contribution in [0.4, 0.5) is 0 Å². The predicted octanol–water partition coefficient (Wildman–Crippen LogP) is 1.95. The van der Waals surface area contributed by atoms with Crippen LogP contribution in [0, 0.1) is 11.3 Å². The Labute approximate surface area is 105 Å². The molecule has 4 atom stereocenters. The van der Waals surface area contributed by atoms with E-state index < -0.39 is 6.10 Å². The van der Waals surface area contributed by atoms with Crippen molar-refractivity contribution < 1.29 is 14.2 Å². The largest absolute Gasteiger partial charge is 0.351 e. The van der Waals surface area contributed by atoms with Gasteiger partial charge in [-0.3, -0.25) is 0 Å². The van der Waals surface area contributed by atoms with Crippen molar-refractivity contribution in [3.8, 4) is 6.07 Å². The molecule has 0 radical (unpaired) electrons. The number of rotatable bonds is 1. The highest BCUT2D eigenvalue weighted by molar-refractivity contribution is 5.18. The van der Waals surface area contributed by atoms with Gasteiger partial charge in [-0.2, -0.15) is 5.26 Å². The highest BCUT2D eigenvalue weighted by Crippen LogP contribution is 2.30. The van der Waals surface area contributed by atoms with E-state index in [0.29, 0.717) is 6.61 Å². The maximum absolute atomic E-state index is 8.80. The van der Waals surface area contributed by atoms with Gasteiger partial charge in [0, 0.05) is 5.56 Å². The molecule has 1 saturated heterocycles. The van der Waals surface area contributed by atoms with E-state index in [9.17, 15) is 0 Å². The molecule has 4 nitrogen and oxygen atoms in total. The van der Waals surface area contributed by atoms with Crippen LogP contribution < -0.4 is 0 Å². The molecule has 2 aliphatic heterocycles. The van der Waals surface area contributed by atoms with Crippen LogP contribution in [0.2, 0.25) is 0 Å². The Kier molecular flexibility index (Phi) is 3.11. The van der Waals surface area contributed by atoms with Gasteiger partial charge in [0.2, 0.25) is 0 Å². The summed E-state index contributed by atoms with van der Waals surface area (Å²) in [5.74, 6) is 0. The quantitative estimate of drug-likeness (QED) is 0.707. The minimum atomic E-state index is -0.494. The molecule has 0 bridgehead atoms. The Morgan fingerprint density at radius 1 is 1.11 bits per heavy atom. The summed E-state index contributed by atoms with van der Waals surface area (Å²) in [7, 11) is 0.